The summed E-state index contributed by atoms with van der Waals surface area (Å²) in [5.41, 5.74) is 2.52. The molecule has 0 atom stereocenters. The Morgan fingerprint density at radius 3 is 2.43 bits per heavy atom. The van der Waals surface area contributed by atoms with E-state index in [1.54, 1.807) is 12.1 Å². The van der Waals surface area contributed by atoms with Gasteiger partial charge in [0, 0.05) is 17.5 Å². The smallest absolute Gasteiger partial charge is 0.335 e. The lowest BCUT2D eigenvalue weighted by Gasteiger charge is -2.04. The first-order valence-corrected chi connectivity index (χ1v) is 7.15. The minimum absolute atomic E-state index is 0.216. The highest BCUT2D eigenvalue weighted by Gasteiger charge is 2.16. The monoisotopic (exact) mass is 309 g/mol. The van der Waals surface area contributed by atoms with Gasteiger partial charge < -0.3 is 14.8 Å². The van der Waals surface area contributed by atoms with Crippen LogP contribution in [0.2, 0.25) is 0 Å². The summed E-state index contributed by atoms with van der Waals surface area (Å²) in [4.78, 5) is 23.1. The van der Waals surface area contributed by atoms with E-state index in [4.69, 9.17) is 9.52 Å². The molecule has 0 saturated heterocycles. The van der Waals surface area contributed by atoms with Gasteiger partial charge in [0.1, 0.15) is 5.58 Å². The van der Waals surface area contributed by atoms with E-state index >= 15 is 0 Å². The summed E-state index contributed by atoms with van der Waals surface area (Å²) in [6.45, 7) is 2.15. The van der Waals surface area contributed by atoms with Gasteiger partial charge >= 0.3 is 5.97 Å². The van der Waals surface area contributed by atoms with Crippen molar-refractivity contribution in [2.24, 2.45) is 0 Å². The van der Waals surface area contributed by atoms with E-state index in [1.165, 1.54) is 12.1 Å². The van der Waals surface area contributed by atoms with E-state index in [2.05, 4.69) is 5.32 Å². The first kappa shape index (κ1) is 14.8. The first-order chi connectivity index (χ1) is 11.1. The predicted molar refractivity (Wildman–Crippen MR) is 85.5 cm³/mol. The Balaban J connectivity index is 1.73. The van der Waals surface area contributed by atoms with Crippen LogP contribution < -0.4 is 5.32 Å². The van der Waals surface area contributed by atoms with Crippen molar-refractivity contribution in [1.82, 2.24) is 5.32 Å². The van der Waals surface area contributed by atoms with Crippen LogP contribution in [0.4, 0.5) is 0 Å². The van der Waals surface area contributed by atoms with Gasteiger partial charge in [-0.25, -0.2) is 4.79 Å². The van der Waals surface area contributed by atoms with Crippen LogP contribution >= 0.6 is 0 Å². The number of carbonyl (C=O) groups excluding carboxylic acids is 1. The molecule has 0 aliphatic heterocycles. The molecular weight excluding hydrogens is 294 g/mol. The lowest BCUT2D eigenvalue weighted by Crippen LogP contribution is -2.23. The molecule has 5 heteroatoms. The molecule has 2 N–H and O–H groups in total. The highest BCUT2D eigenvalue weighted by Crippen LogP contribution is 2.24. The van der Waals surface area contributed by atoms with Crippen molar-refractivity contribution >= 4 is 22.8 Å². The second-order valence-electron chi connectivity index (χ2n) is 5.24. The number of hydrogen-bond acceptors (Lipinski definition) is 3. The van der Waals surface area contributed by atoms with Crippen LogP contribution in [-0.4, -0.2) is 17.0 Å². The molecule has 5 nitrogen and oxygen atoms in total. The molecule has 0 fully saturated rings. The van der Waals surface area contributed by atoms with E-state index in [-0.39, 0.29) is 11.5 Å². The zero-order valence-electron chi connectivity index (χ0n) is 12.5. The third-order valence-corrected chi connectivity index (χ3v) is 3.70. The number of nitrogens with one attached hydrogen (secondary N) is 1. The molecule has 116 valence electrons. The molecule has 0 saturated carbocycles. The van der Waals surface area contributed by atoms with Gasteiger partial charge in [-0.2, -0.15) is 0 Å². The highest BCUT2D eigenvalue weighted by atomic mass is 16.4. The third-order valence-electron chi connectivity index (χ3n) is 3.70. The van der Waals surface area contributed by atoms with Gasteiger partial charge in [0.25, 0.3) is 5.91 Å². The van der Waals surface area contributed by atoms with Crippen molar-refractivity contribution in [3.05, 3.63) is 71.0 Å². The fourth-order valence-electron chi connectivity index (χ4n) is 2.42. The highest BCUT2D eigenvalue weighted by molar-refractivity contribution is 5.98. The summed E-state index contributed by atoms with van der Waals surface area (Å²) in [5, 5.41) is 12.6. The van der Waals surface area contributed by atoms with Crippen molar-refractivity contribution in [2.75, 3.05) is 0 Å². The first-order valence-electron chi connectivity index (χ1n) is 7.15. The molecular formula is C18H15NO4. The average Bonchev–Trinajstić information content (AvgIpc) is 2.90. The molecule has 2 aromatic carbocycles. The van der Waals surface area contributed by atoms with E-state index < -0.39 is 5.97 Å². The lowest BCUT2D eigenvalue weighted by atomic mass is 10.1. The van der Waals surface area contributed by atoms with Gasteiger partial charge in [0.05, 0.1) is 5.56 Å². The Hall–Kier alpha value is -3.08. The summed E-state index contributed by atoms with van der Waals surface area (Å²) in [5.74, 6) is -0.965. The molecule has 0 aliphatic carbocycles. The zero-order valence-corrected chi connectivity index (χ0v) is 12.5. The number of hydrogen-bond donors (Lipinski definition) is 2. The number of para-hydroxylation sites is 1. The fraction of sp³-hybridized carbons (Fsp3) is 0.111. The largest absolute Gasteiger partial charge is 0.478 e. The van der Waals surface area contributed by atoms with E-state index in [1.807, 2.05) is 31.2 Å². The minimum Gasteiger partial charge on any atom is -0.478 e. The number of aryl methyl sites for hydroxylation is 1. The number of benzene rings is 2. The molecule has 1 aromatic heterocycles. The Kier molecular flexibility index (Phi) is 3.85. The summed E-state index contributed by atoms with van der Waals surface area (Å²) in [7, 11) is 0. The summed E-state index contributed by atoms with van der Waals surface area (Å²) < 4.78 is 5.61. The molecule has 0 bridgehead atoms. The van der Waals surface area contributed by atoms with Gasteiger partial charge in [-0.15, -0.1) is 0 Å². The number of furan rings is 1. The van der Waals surface area contributed by atoms with Crippen LogP contribution in [0.3, 0.4) is 0 Å². The standard InChI is InChI=1S/C18H15NO4/c1-11-14-4-2-3-5-15(14)23-16(11)17(20)19-10-12-6-8-13(9-7-12)18(21)22/h2-9H,10H2,1H3,(H,19,20)(H,21,22). The van der Waals surface area contributed by atoms with Gasteiger partial charge in [-0.3, -0.25) is 4.79 Å². The van der Waals surface area contributed by atoms with Crippen molar-refractivity contribution in [1.29, 1.82) is 0 Å². The van der Waals surface area contributed by atoms with E-state index in [0.717, 1.165) is 16.5 Å². The topological polar surface area (TPSA) is 79.5 Å². The number of amides is 1. The van der Waals surface area contributed by atoms with Crippen LogP contribution in [0.5, 0.6) is 0 Å². The molecule has 0 spiro atoms. The van der Waals surface area contributed by atoms with Crippen LogP contribution in [0.25, 0.3) is 11.0 Å². The molecule has 3 aromatic rings. The molecule has 1 heterocycles. The zero-order chi connectivity index (χ0) is 16.4. The van der Waals surface area contributed by atoms with Crippen LogP contribution in [-0.2, 0) is 6.54 Å². The van der Waals surface area contributed by atoms with Gasteiger partial charge in [0.2, 0.25) is 0 Å². The van der Waals surface area contributed by atoms with Crippen LogP contribution in [0.15, 0.2) is 52.9 Å². The maximum atomic E-state index is 12.3. The maximum absolute atomic E-state index is 12.3. The Morgan fingerprint density at radius 1 is 1.09 bits per heavy atom. The van der Waals surface area contributed by atoms with Crippen LogP contribution in [0.1, 0.15) is 32.0 Å². The molecule has 23 heavy (non-hydrogen) atoms. The number of carbonyl (C=O) groups is 2. The SMILES string of the molecule is Cc1c(C(=O)NCc2ccc(C(=O)O)cc2)oc2ccccc12. The van der Waals surface area contributed by atoms with Crippen molar-refractivity contribution in [2.45, 2.75) is 13.5 Å². The quantitative estimate of drug-likeness (QED) is 0.774. The fourth-order valence-corrected chi connectivity index (χ4v) is 2.42. The molecule has 0 radical (unpaired) electrons. The predicted octanol–water partition coefficient (Wildman–Crippen LogP) is 3.37. The Bertz CT molecular complexity index is 878. The maximum Gasteiger partial charge on any atom is 0.335 e. The van der Waals surface area contributed by atoms with E-state index in [9.17, 15) is 9.59 Å². The molecule has 0 aliphatic rings. The molecule has 0 unspecified atom stereocenters. The average molecular weight is 309 g/mol. The second kappa shape index (κ2) is 5.96. The van der Waals surface area contributed by atoms with Gasteiger partial charge in [0.15, 0.2) is 5.76 Å². The second-order valence-corrected chi connectivity index (χ2v) is 5.24. The summed E-state index contributed by atoms with van der Waals surface area (Å²) in [6, 6.07) is 13.9. The third kappa shape index (κ3) is 2.94. The Labute approximate surface area is 132 Å². The summed E-state index contributed by atoms with van der Waals surface area (Å²) >= 11 is 0. The van der Waals surface area contributed by atoms with Crippen molar-refractivity contribution in [3.63, 3.8) is 0 Å². The number of aromatic carboxylic acids is 1. The van der Waals surface area contributed by atoms with Gasteiger partial charge in [-0.1, -0.05) is 30.3 Å². The molecule has 1 amide bonds. The number of rotatable bonds is 4. The molecule has 3 rings (SSSR count). The summed E-state index contributed by atoms with van der Waals surface area (Å²) in [6.07, 6.45) is 0. The number of fused-ring (bicyclic) bond motifs is 1. The van der Waals surface area contributed by atoms with Gasteiger partial charge in [-0.05, 0) is 30.7 Å². The number of carboxylic acid groups (broad SMARTS) is 1. The van der Waals surface area contributed by atoms with Crippen molar-refractivity contribution in [3.8, 4) is 0 Å². The van der Waals surface area contributed by atoms with Crippen molar-refractivity contribution < 1.29 is 19.1 Å². The normalized spacial score (nSPS) is 10.7. The van der Waals surface area contributed by atoms with E-state index in [0.29, 0.717) is 17.9 Å². The Morgan fingerprint density at radius 2 is 1.78 bits per heavy atom. The number of carboxylic acids is 1. The minimum atomic E-state index is -0.974. The lowest BCUT2D eigenvalue weighted by molar-refractivity contribution is 0.0696. The van der Waals surface area contributed by atoms with Crippen LogP contribution in [0, 0.1) is 6.92 Å².